The summed E-state index contributed by atoms with van der Waals surface area (Å²) in [5.41, 5.74) is -0.238. The molecule has 0 spiro atoms. The highest BCUT2D eigenvalue weighted by atomic mass is 32.2. The van der Waals surface area contributed by atoms with Crippen LogP contribution in [-0.4, -0.2) is 27.2 Å². The highest BCUT2D eigenvalue weighted by Gasteiger charge is 2.52. The van der Waals surface area contributed by atoms with Crippen LogP contribution < -0.4 is 14.2 Å². The zero-order chi connectivity index (χ0) is 18.4. The number of benzene rings is 1. The van der Waals surface area contributed by atoms with Gasteiger partial charge < -0.3 is 9.47 Å². The van der Waals surface area contributed by atoms with Crippen molar-refractivity contribution in [2.24, 2.45) is 17.8 Å². The molecule has 0 radical (unpaired) electrons. The molecule has 26 heavy (non-hydrogen) atoms. The van der Waals surface area contributed by atoms with Crippen molar-refractivity contribution in [2.75, 3.05) is 13.2 Å². The number of nitrogens with one attached hydrogen (secondary N) is 1. The van der Waals surface area contributed by atoms with Gasteiger partial charge in [0.2, 0.25) is 10.0 Å². The maximum absolute atomic E-state index is 13.1. The molecule has 4 aliphatic rings. The Morgan fingerprint density at radius 1 is 0.962 bits per heavy atom. The summed E-state index contributed by atoms with van der Waals surface area (Å²) < 4.78 is 40.5. The van der Waals surface area contributed by atoms with Crippen LogP contribution in [0.15, 0.2) is 23.1 Å². The van der Waals surface area contributed by atoms with Crippen molar-refractivity contribution in [3.8, 4) is 11.5 Å². The van der Waals surface area contributed by atoms with Gasteiger partial charge >= 0.3 is 0 Å². The molecule has 0 aromatic heterocycles. The van der Waals surface area contributed by atoms with Crippen LogP contribution in [0, 0.1) is 17.8 Å². The third kappa shape index (κ3) is 3.33. The van der Waals surface area contributed by atoms with Gasteiger partial charge in [-0.15, -0.1) is 0 Å². The van der Waals surface area contributed by atoms with Crippen LogP contribution in [0.4, 0.5) is 0 Å². The van der Waals surface area contributed by atoms with Crippen molar-refractivity contribution in [1.29, 1.82) is 0 Å². The van der Waals surface area contributed by atoms with E-state index in [-0.39, 0.29) is 10.4 Å². The average molecular weight is 380 g/mol. The third-order valence-corrected chi connectivity index (χ3v) is 7.79. The van der Waals surface area contributed by atoms with Gasteiger partial charge in [-0.3, -0.25) is 0 Å². The van der Waals surface area contributed by atoms with E-state index >= 15 is 0 Å². The van der Waals surface area contributed by atoms with Gasteiger partial charge in [0.1, 0.15) is 0 Å². The summed E-state index contributed by atoms with van der Waals surface area (Å²) in [6, 6.07) is 4.91. The lowest BCUT2D eigenvalue weighted by Gasteiger charge is -2.56. The second kappa shape index (κ2) is 6.71. The fourth-order valence-electron chi connectivity index (χ4n) is 5.78. The van der Waals surface area contributed by atoms with E-state index in [1.54, 1.807) is 18.2 Å². The van der Waals surface area contributed by atoms with Gasteiger partial charge in [-0.1, -0.05) is 0 Å². The molecule has 1 N–H and O–H groups in total. The summed E-state index contributed by atoms with van der Waals surface area (Å²) in [4.78, 5) is 0.264. The summed E-state index contributed by atoms with van der Waals surface area (Å²) in [5.74, 6) is 3.17. The fraction of sp³-hybridized carbons (Fsp3) is 0.700. The van der Waals surface area contributed by atoms with E-state index < -0.39 is 10.0 Å². The SMILES string of the molecule is CCOc1ccc(S(=O)(=O)NC23CC4CC(CC(C4)C2)C3)cc1OCC. The van der Waals surface area contributed by atoms with Crippen molar-refractivity contribution in [2.45, 2.75) is 62.8 Å². The minimum Gasteiger partial charge on any atom is -0.490 e. The van der Waals surface area contributed by atoms with Crippen LogP contribution in [0.3, 0.4) is 0 Å². The molecule has 4 aliphatic carbocycles. The van der Waals surface area contributed by atoms with Crippen LogP contribution in [0.5, 0.6) is 11.5 Å². The van der Waals surface area contributed by atoms with E-state index in [0.717, 1.165) is 19.3 Å². The van der Waals surface area contributed by atoms with Crippen LogP contribution >= 0.6 is 0 Å². The first-order chi connectivity index (χ1) is 12.4. The molecule has 5 nitrogen and oxygen atoms in total. The van der Waals surface area contributed by atoms with Crippen LogP contribution in [0.2, 0.25) is 0 Å². The van der Waals surface area contributed by atoms with Crippen molar-refractivity contribution < 1.29 is 17.9 Å². The zero-order valence-corrected chi connectivity index (χ0v) is 16.5. The Balaban J connectivity index is 1.60. The number of hydrogen-bond acceptors (Lipinski definition) is 4. The van der Waals surface area contributed by atoms with E-state index in [0.29, 0.717) is 42.5 Å². The Bertz CT molecular complexity index is 739. The van der Waals surface area contributed by atoms with E-state index in [9.17, 15) is 8.42 Å². The number of rotatable bonds is 7. The molecule has 0 aliphatic heterocycles. The standard InChI is InChI=1S/C20H29NO4S/c1-3-24-18-6-5-17(10-19(18)25-4-2)26(22,23)21-20-11-14-7-15(12-20)9-16(8-14)13-20/h5-6,10,14-16,21H,3-4,7-9,11-13H2,1-2H3. The van der Waals surface area contributed by atoms with Gasteiger partial charge in [-0.25, -0.2) is 13.1 Å². The molecule has 0 saturated heterocycles. The molecular weight excluding hydrogens is 350 g/mol. The number of ether oxygens (including phenoxy) is 2. The Morgan fingerprint density at radius 3 is 2.04 bits per heavy atom. The van der Waals surface area contributed by atoms with Crippen molar-refractivity contribution in [3.63, 3.8) is 0 Å². The predicted octanol–water partition coefficient (Wildman–Crippen LogP) is 3.73. The lowest BCUT2D eigenvalue weighted by Crippen LogP contribution is -2.59. The van der Waals surface area contributed by atoms with Gasteiger partial charge in [-0.2, -0.15) is 0 Å². The summed E-state index contributed by atoms with van der Waals surface area (Å²) in [5, 5.41) is 0. The molecule has 6 heteroatoms. The number of hydrogen-bond donors (Lipinski definition) is 1. The summed E-state index contributed by atoms with van der Waals surface area (Å²) in [7, 11) is -3.58. The zero-order valence-electron chi connectivity index (χ0n) is 15.7. The van der Waals surface area contributed by atoms with E-state index in [2.05, 4.69) is 4.72 Å². The molecule has 144 valence electrons. The van der Waals surface area contributed by atoms with Gasteiger partial charge in [0.15, 0.2) is 11.5 Å². The summed E-state index contributed by atoms with van der Waals surface area (Å²) >= 11 is 0. The van der Waals surface area contributed by atoms with E-state index in [4.69, 9.17) is 9.47 Å². The van der Waals surface area contributed by atoms with Crippen LogP contribution in [0.25, 0.3) is 0 Å². The summed E-state index contributed by atoms with van der Waals surface area (Å²) in [6.07, 6.45) is 6.85. The normalized spacial score (nSPS) is 32.6. The van der Waals surface area contributed by atoms with Crippen LogP contribution in [-0.2, 0) is 10.0 Å². The smallest absolute Gasteiger partial charge is 0.241 e. The van der Waals surface area contributed by atoms with Crippen molar-refractivity contribution in [3.05, 3.63) is 18.2 Å². The van der Waals surface area contributed by atoms with Gasteiger partial charge in [0.25, 0.3) is 0 Å². The minimum absolute atomic E-state index is 0.238. The third-order valence-electron chi connectivity index (χ3n) is 6.21. The predicted molar refractivity (Wildman–Crippen MR) is 100 cm³/mol. The fourth-order valence-corrected chi connectivity index (χ4v) is 7.23. The molecule has 0 atom stereocenters. The minimum atomic E-state index is -3.58. The lowest BCUT2D eigenvalue weighted by atomic mass is 9.53. The second-order valence-electron chi connectivity index (χ2n) is 8.28. The molecule has 1 aromatic rings. The Morgan fingerprint density at radius 2 is 1.50 bits per heavy atom. The maximum Gasteiger partial charge on any atom is 0.241 e. The first-order valence-corrected chi connectivity index (χ1v) is 11.3. The van der Waals surface area contributed by atoms with Gasteiger partial charge in [0, 0.05) is 11.6 Å². The molecule has 4 fully saturated rings. The first kappa shape index (κ1) is 18.1. The van der Waals surface area contributed by atoms with E-state index in [1.807, 2.05) is 13.8 Å². The van der Waals surface area contributed by atoms with Crippen molar-refractivity contribution in [1.82, 2.24) is 4.72 Å². The second-order valence-corrected chi connectivity index (χ2v) is 9.96. The number of sulfonamides is 1. The molecule has 0 heterocycles. The Kier molecular flexibility index (Phi) is 4.68. The van der Waals surface area contributed by atoms with Crippen LogP contribution in [0.1, 0.15) is 52.4 Å². The molecule has 4 saturated carbocycles. The maximum atomic E-state index is 13.1. The quantitative estimate of drug-likeness (QED) is 0.784. The molecule has 0 unspecified atom stereocenters. The Labute approximate surface area is 156 Å². The van der Waals surface area contributed by atoms with Gasteiger partial charge in [-0.05, 0) is 82.3 Å². The average Bonchev–Trinajstić information content (AvgIpc) is 2.54. The monoisotopic (exact) mass is 379 g/mol. The highest BCUT2D eigenvalue weighted by molar-refractivity contribution is 7.89. The molecule has 1 aromatic carbocycles. The van der Waals surface area contributed by atoms with Gasteiger partial charge in [0.05, 0.1) is 18.1 Å². The molecular formula is C20H29NO4S. The molecule has 4 bridgehead atoms. The molecule has 5 rings (SSSR count). The summed E-state index contributed by atoms with van der Waals surface area (Å²) in [6.45, 7) is 4.75. The highest BCUT2D eigenvalue weighted by Crippen LogP contribution is 2.56. The largest absolute Gasteiger partial charge is 0.490 e. The Hall–Kier alpha value is -1.27. The topological polar surface area (TPSA) is 64.6 Å². The first-order valence-electron chi connectivity index (χ1n) is 9.86. The van der Waals surface area contributed by atoms with E-state index in [1.165, 1.54) is 19.3 Å². The molecule has 0 amide bonds. The van der Waals surface area contributed by atoms with Crippen molar-refractivity contribution >= 4 is 10.0 Å². The lowest BCUT2D eigenvalue weighted by molar-refractivity contribution is -0.00810.